The van der Waals surface area contributed by atoms with Gasteiger partial charge >= 0.3 is 29.8 Å². The lowest BCUT2D eigenvalue weighted by Gasteiger charge is -2.44. The molecule has 0 aromatic carbocycles. The zero-order chi connectivity index (χ0) is 74.0. The molecule has 2 amide bonds. The normalized spacial score (nSPS) is 17.1. The fourth-order valence-electron chi connectivity index (χ4n) is 13.4. The number of hydrogen-bond donors (Lipinski definition) is 4. The predicted octanol–water partition coefficient (Wildman–Crippen LogP) is 19.3. The van der Waals surface area contributed by atoms with E-state index < -0.39 is 116 Å². The van der Waals surface area contributed by atoms with E-state index in [2.05, 4.69) is 52.2 Å². The van der Waals surface area contributed by atoms with E-state index >= 15 is 0 Å². The minimum absolute atomic E-state index is 0.105. The van der Waals surface area contributed by atoms with Gasteiger partial charge in [-0.1, -0.05) is 311 Å². The summed E-state index contributed by atoms with van der Waals surface area (Å²) in [5, 5.41) is 27.0. The lowest BCUT2D eigenvalue weighted by atomic mass is 9.95. The number of aliphatic hydroxyl groups is 1. The molecule has 101 heavy (non-hydrogen) atoms. The minimum Gasteiger partial charge on any atom is -0.480 e. The van der Waals surface area contributed by atoms with Crippen molar-refractivity contribution in [2.75, 3.05) is 13.2 Å². The van der Waals surface area contributed by atoms with Gasteiger partial charge in [0.15, 0.2) is 24.5 Å². The van der Waals surface area contributed by atoms with Gasteiger partial charge in [-0.2, -0.15) is 0 Å². The molecular weight excluding hydrogens is 1280 g/mol. The Balaban J connectivity index is 3.76. The van der Waals surface area contributed by atoms with E-state index in [1.807, 2.05) is 0 Å². The molecule has 19 nitrogen and oxygen atoms in total. The Morgan fingerprint density at radius 2 is 0.703 bits per heavy atom. The number of amides is 2. The highest BCUT2D eigenvalue weighted by atomic mass is 16.7. The summed E-state index contributed by atoms with van der Waals surface area (Å²) in [6.45, 7) is 11.6. The average molecular weight is 1440 g/mol. The minimum atomic E-state index is -1.73. The molecule has 1 aliphatic rings. The molecule has 1 heterocycles. The molecule has 0 radical (unpaired) electrons. The van der Waals surface area contributed by atoms with Gasteiger partial charge in [-0.25, -0.2) is 4.79 Å². The van der Waals surface area contributed by atoms with Crippen molar-refractivity contribution in [1.29, 1.82) is 0 Å². The molecule has 0 spiro atoms. The van der Waals surface area contributed by atoms with Crippen LogP contribution in [0.15, 0.2) is 0 Å². The van der Waals surface area contributed by atoms with Crippen molar-refractivity contribution in [3.05, 3.63) is 0 Å². The molecule has 1 aliphatic heterocycles. The van der Waals surface area contributed by atoms with Gasteiger partial charge in [0.25, 0.3) is 6.47 Å². The maximum atomic E-state index is 14.8. The van der Waals surface area contributed by atoms with Gasteiger partial charge in [-0.3, -0.25) is 33.6 Å². The highest BCUT2D eigenvalue weighted by molar-refractivity contribution is 5.84. The number of aliphatic carboxylic acids is 1. The maximum absolute atomic E-state index is 14.8. The number of esters is 4. The molecule has 1 fully saturated rings. The van der Waals surface area contributed by atoms with E-state index in [9.17, 15) is 48.6 Å². The second-order valence-electron chi connectivity index (χ2n) is 29.2. The Kier molecular flexibility index (Phi) is 63.3. The number of carbonyl (C=O) groups is 8. The summed E-state index contributed by atoms with van der Waals surface area (Å²) < 4.78 is 42.5. The summed E-state index contributed by atoms with van der Waals surface area (Å²) in [5.74, 6) is -5.03. The zero-order valence-corrected chi connectivity index (χ0v) is 65.0. The number of hydrogen-bond acceptors (Lipinski definition) is 16. The SMILES string of the molecule is CCCCCCCCCCC[C@H](CC(=O)N[C@H](CO[C@@H]1OC(CO)[C@@H](OC=O)C(OC(=O)C[C@@H](CCCCCCCCCCC)OC(=O)CCCCCCCCC)[C@@H]1NC(=O)C[C@@H](CCCCCCCCCCC)OC(=O)CCCCCCCCC)C(=O)O)OC(=O)CCCCCCCCC. The summed E-state index contributed by atoms with van der Waals surface area (Å²) in [4.78, 5) is 109. The third-order valence-electron chi connectivity index (χ3n) is 19.7. The van der Waals surface area contributed by atoms with Crippen LogP contribution in [0.25, 0.3) is 0 Å². The summed E-state index contributed by atoms with van der Waals surface area (Å²) in [6.07, 6.45) is 41.4. The Bertz CT molecular complexity index is 2050. The van der Waals surface area contributed by atoms with Crippen LogP contribution >= 0.6 is 0 Å². The summed E-state index contributed by atoms with van der Waals surface area (Å²) in [7, 11) is 0. The molecule has 590 valence electrons. The molecule has 1 rings (SSSR count). The second kappa shape index (κ2) is 67.5. The molecule has 0 saturated carbocycles. The van der Waals surface area contributed by atoms with E-state index in [0.717, 1.165) is 173 Å². The second-order valence-corrected chi connectivity index (χ2v) is 29.2. The first-order valence-electron chi connectivity index (χ1n) is 41.8. The molecule has 0 aromatic rings. The Labute approximate surface area is 613 Å². The number of nitrogens with one attached hydrogen (secondary N) is 2. The number of unbranched alkanes of at least 4 members (excludes halogenated alkanes) is 42. The number of carboxylic acid groups (broad SMARTS) is 1. The maximum Gasteiger partial charge on any atom is 0.328 e. The van der Waals surface area contributed by atoms with Crippen LogP contribution < -0.4 is 10.6 Å². The highest BCUT2D eigenvalue weighted by Crippen LogP contribution is 2.30. The smallest absolute Gasteiger partial charge is 0.328 e. The van der Waals surface area contributed by atoms with Gasteiger partial charge in [-0.05, 0) is 57.8 Å². The first-order valence-corrected chi connectivity index (χ1v) is 41.8. The average Bonchev–Trinajstić information content (AvgIpc) is 0.787. The number of carboxylic acids is 1. The van der Waals surface area contributed by atoms with Gasteiger partial charge in [0.1, 0.15) is 30.5 Å². The summed E-state index contributed by atoms with van der Waals surface area (Å²) in [5.41, 5.74) is 0. The topological polar surface area (TPSA) is 266 Å². The highest BCUT2D eigenvalue weighted by Gasteiger charge is 2.51. The molecule has 1 saturated heterocycles. The van der Waals surface area contributed by atoms with Gasteiger partial charge < -0.3 is 54.0 Å². The molecule has 0 bridgehead atoms. The van der Waals surface area contributed by atoms with Crippen molar-refractivity contribution >= 4 is 48.1 Å². The van der Waals surface area contributed by atoms with Crippen molar-refractivity contribution in [2.45, 2.75) is 463 Å². The van der Waals surface area contributed by atoms with E-state index in [1.54, 1.807) is 0 Å². The molecule has 19 heteroatoms. The molecule has 4 N–H and O–H groups in total. The van der Waals surface area contributed by atoms with Crippen molar-refractivity contribution in [2.24, 2.45) is 0 Å². The van der Waals surface area contributed by atoms with Crippen LogP contribution in [0.4, 0.5) is 0 Å². The molecule has 0 aromatic heterocycles. The van der Waals surface area contributed by atoms with Crippen molar-refractivity contribution < 1.29 is 81.7 Å². The number of aliphatic hydroxyl groups excluding tert-OH is 1. The number of carbonyl (C=O) groups excluding carboxylic acids is 7. The van der Waals surface area contributed by atoms with Gasteiger partial charge in [0.05, 0.1) is 32.5 Å². The van der Waals surface area contributed by atoms with E-state index in [1.165, 1.54) is 96.3 Å². The monoisotopic (exact) mass is 1440 g/mol. The van der Waals surface area contributed by atoms with Crippen LogP contribution in [-0.2, 0) is 71.5 Å². The fourth-order valence-corrected chi connectivity index (χ4v) is 13.4. The largest absolute Gasteiger partial charge is 0.480 e. The van der Waals surface area contributed by atoms with Gasteiger partial charge in [-0.15, -0.1) is 0 Å². The summed E-state index contributed by atoms with van der Waals surface area (Å²) in [6, 6.07) is -3.31. The quantitative estimate of drug-likeness (QED) is 0.0191. The molecule has 0 aliphatic carbocycles. The Morgan fingerprint density at radius 1 is 0.396 bits per heavy atom. The van der Waals surface area contributed by atoms with Crippen LogP contribution in [0.2, 0.25) is 0 Å². The standard InChI is InChI=1S/C82H150N2O17/c1-7-13-19-25-31-34-40-43-49-55-67(97-74(89)58-52-46-37-28-22-16-10-4)61-72(87)83-70(81(93)94)65-95-82-78(84-73(88)62-68(56-50-44-41-35-32-26-20-14-8-2)98-75(90)59-53-47-38-29-23-17-11-5)80(79(96-66-86)71(64-85)100-82)101-77(92)63-69(57-51-45-42-36-33-27-21-15-9-3)99-76(91)60-54-48-39-30-24-18-12-6/h66-71,78-80,82,85H,7-65H2,1-6H3,(H,83,87)(H,84,88)(H,93,94)/t67-,68-,69-,70-,71?,78+,79-,80?,82-/m1/s1. The Hall–Kier alpha value is -4.36. The lowest BCUT2D eigenvalue weighted by molar-refractivity contribution is -0.276. The third kappa shape index (κ3) is 53.1. The first kappa shape index (κ1) is 94.7. The van der Waals surface area contributed by atoms with Crippen LogP contribution in [-0.4, -0.2) is 127 Å². The third-order valence-corrected chi connectivity index (χ3v) is 19.7. The Morgan fingerprint density at radius 3 is 1.02 bits per heavy atom. The zero-order valence-electron chi connectivity index (χ0n) is 65.0. The van der Waals surface area contributed by atoms with Crippen LogP contribution in [0.3, 0.4) is 0 Å². The van der Waals surface area contributed by atoms with Crippen LogP contribution in [0.1, 0.15) is 408 Å². The van der Waals surface area contributed by atoms with Crippen LogP contribution in [0, 0.1) is 0 Å². The van der Waals surface area contributed by atoms with Crippen molar-refractivity contribution in [3.63, 3.8) is 0 Å². The summed E-state index contributed by atoms with van der Waals surface area (Å²) >= 11 is 0. The number of rotatable bonds is 73. The molecule has 9 atom stereocenters. The van der Waals surface area contributed by atoms with E-state index in [0.29, 0.717) is 57.8 Å². The predicted molar refractivity (Wildman–Crippen MR) is 401 cm³/mol. The van der Waals surface area contributed by atoms with E-state index in [-0.39, 0.29) is 38.6 Å². The molecular formula is C82H150N2O17. The fraction of sp³-hybridized carbons (Fsp3) is 0.902. The number of ether oxygens (including phenoxy) is 7. The van der Waals surface area contributed by atoms with Crippen molar-refractivity contribution in [3.8, 4) is 0 Å². The molecule has 2 unspecified atom stereocenters. The van der Waals surface area contributed by atoms with E-state index in [4.69, 9.17) is 33.2 Å². The van der Waals surface area contributed by atoms with Crippen molar-refractivity contribution in [1.82, 2.24) is 10.6 Å². The lowest BCUT2D eigenvalue weighted by Crippen LogP contribution is -2.67. The van der Waals surface area contributed by atoms with Gasteiger partial charge in [0, 0.05) is 19.3 Å². The first-order chi connectivity index (χ1) is 49.2. The van der Waals surface area contributed by atoms with Gasteiger partial charge in [0.2, 0.25) is 11.8 Å². The van der Waals surface area contributed by atoms with Crippen LogP contribution in [0.5, 0.6) is 0 Å².